The second-order valence-electron chi connectivity index (χ2n) is 1.91. The molecule has 70 valence electrons. The molecule has 3 N–H and O–H groups in total. The predicted octanol–water partition coefficient (Wildman–Crippen LogP) is -0.277. The zero-order chi connectivity index (χ0) is 10.4. The van der Waals surface area contributed by atoms with E-state index in [1.54, 1.807) is 0 Å². The normalized spacial score (nSPS) is 11.5. The summed E-state index contributed by atoms with van der Waals surface area (Å²) in [5, 5.41) is 24.7. The summed E-state index contributed by atoms with van der Waals surface area (Å²) in [6.07, 6.45) is 1.64. The quantitative estimate of drug-likeness (QED) is 0.411. The maximum atomic E-state index is 10.3. The minimum atomic E-state index is -1.50. The van der Waals surface area contributed by atoms with Crippen LogP contribution in [0.1, 0.15) is 0 Å². The lowest BCUT2D eigenvalue weighted by atomic mass is 10.2. The van der Waals surface area contributed by atoms with Crippen molar-refractivity contribution in [3.63, 3.8) is 0 Å². The molecule has 13 heavy (non-hydrogen) atoms. The number of rotatable bonds is 4. The van der Waals surface area contributed by atoms with Gasteiger partial charge in [-0.1, -0.05) is 0 Å². The van der Waals surface area contributed by atoms with Crippen LogP contribution in [0.4, 0.5) is 0 Å². The Labute approximate surface area is 72.4 Å². The van der Waals surface area contributed by atoms with Crippen molar-refractivity contribution in [1.82, 2.24) is 0 Å². The van der Waals surface area contributed by atoms with Crippen molar-refractivity contribution in [2.75, 3.05) is 0 Å². The molecule has 0 spiro atoms. The van der Waals surface area contributed by atoms with E-state index in [-0.39, 0.29) is 0 Å². The van der Waals surface area contributed by atoms with Gasteiger partial charge in [-0.25, -0.2) is 14.4 Å². The molecule has 0 rings (SSSR count). The highest BCUT2D eigenvalue weighted by molar-refractivity contribution is 5.98. The van der Waals surface area contributed by atoms with Crippen molar-refractivity contribution >= 4 is 17.9 Å². The van der Waals surface area contributed by atoms with Crippen molar-refractivity contribution in [2.24, 2.45) is 0 Å². The van der Waals surface area contributed by atoms with E-state index in [2.05, 4.69) is 0 Å². The highest BCUT2D eigenvalue weighted by atomic mass is 16.4. The molecule has 0 radical (unpaired) electrons. The number of aliphatic carboxylic acids is 3. The lowest BCUT2D eigenvalue weighted by molar-refractivity contribution is -0.134. The third kappa shape index (κ3) is 5.19. The summed E-state index contributed by atoms with van der Waals surface area (Å²) in [6.45, 7) is 0. The summed E-state index contributed by atoms with van der Waals surface area (Å²) in [6, 6.07) is 0. The summed E-state index contributed by atoms with van der Waals surface area (Å²) < 4.78 is 0. The van der Waals surface area contributed by atoms with Gasteiger partial charge in [-0.2, -0.15) is 0 Å². The topological polar surface area (TPSA) is 112 Å². The minimum absolute atomic E-state index is 0.405. The molecule has 0 heterocycles. The standard InChI is InChI=1S/C7H6O6/c8-5(9)2-1-4(7(12)13)3-6(10)11/h1-3H,(H,8,9)(H,10,11)(H,12,13)/b2-1+,4-3-. The van der Waals surface area contributed by atoms with Crippen LogP contribution >= 0.6 is 0 Å². The van der Waals surface area contributed by atoms with E-state index in [9.17, 15) is 14.4 Å². The lowest BCUT2D eigenvalue weighted by Crippen LogP contribution is -2.02. The van der Waals surface area contributed by atoms with E-state index in [1.807, 2.05) is 0 Å². The molecule has 0 aromatic carbocycles. The fourth-order valence-electron chi connectivity index (χ4n) is 0.475. The molecule has 0 saturated carbocycles. The molecule has 0 fully saturated rings. The second-order valence-corrected chi connectivity index (χ2v) is 1.91. The number of hydrogen-bond acceptors (Lipinski definition) is 3. The van der Waals surface area contributed by atoms with Crippen molar-refractivity contribution in [1.29, 1.82) is 0 Å². The number of carboxylic acids is 3. The van der Waals surface area contributed by atoms with Gasteiger partial charge in [0.15, 0.2) is 0 Å². The Morgan fingerprint density at radius 3 is 1.69 bits per heavy atom. The summed E-state index contributed by atoms with van der Waals surface area (Å²) in [5.74, 6) is -4.30. The lowest BCUT2D eigenvalue weighted by Gasteiger charge is -1.90. The Bertz CT molecular complexity index is 298. The van der Waals surface area contributed by atoms with Gasteiger partial charge in [0.05, 0.1) is 5.57 Å². The summed E-state index contributed by atoms with van der Waals surface area (Å²) in [7, 11) is 0. The maximum absolute atomic E-state index is 10.3. The molecule has 0 amide bonds. The molecule has 0 bridgehead atoms. The Balaban J connectivity index is 4.74. The predicted molar refractivity (Wildman–Crippen MR) is 40.1 cm³/mol. The van der Waals surface area contributed by atoms with Crippen LogP contribution in [0.2, 0.25) is 0 Å². The Morgan fingerprint density at radius 2 is 1.38 bits per heavy atom. The van der Waals surface area contributed by atoms with Crippen molar-refractivity contribution in [3.05, 3.63) is 23.8 Å². The fraction of sp³-hybridized carbons (Fsp3) is 0. The first kappa shape index (κ1) is 10.9. The highest BCUT2D eigenvalue weighted by Crippen LogP contribution is 1.96. The first-order chi connectivity index (χ1) is 5.93. The van der Waals surface area contributed by atoms with Gasteiger partial charge in [-0.15, -0.1) is 0 Å². The van der Waals surface area contributed by atoms with Crippen molar-refractivity contribution in [3.8, 4) is 0 Å². The van der Waals surface area contributed by atoms with Gasteiger partial charge < -0.3 is 15.3 Å². The summed E-state index contributed by atoms with van der Waals surface area (Å²) in [4.78, 5) is 30.3. The first-order valence-electron chi connectivity index (χ1n) is 3.02. The van der Waals surface area contributed by atoms with Crippen LogP contribution in [-0.2, 0) is 14.4 Å². The largest absolute Gasteiger partial charge is 0.478 e. The van der Waals surface area contributed by atoms with Crippen molar-refractivity contribution < 1.29 is 29.7 Å². The molecule has 6 nitrogen and oxygen atoms in total. The average Bonchev–Trinajstić information content (AvgIpc) is 1.96. The average molecular weight is 186 g/mol. The third-order valence-corrected chi connectivity index (χ3v) is 0.931. The molecule has 0 unspecified atom stereocenters. The monoisotopic (exact) mass is 186 g/mol. The minimum Gasteiger partial charge on any atom is -0.478 e. The van der Waals surface area contributed by atoms with E-state index in [0.717, 1.165) is 0 Å². The maximum Gasteiger partial charge on any atom is 0.335 e. The number of hydrogen-bond donors (Lipinski definition) is 3. The Kier molecular flexibility index (Phi) is 3.94. The van der Waals surface area contributed by atoms with Crippen LogP contribution in [-0.4, -0.2) is 33.2 Å². The van der Waals surface area contributed by atoms with E-state index < -0.39 is 23.5 Å². The SMILES string of the molecule is O=C(O)/C=C(/C=C/C(=O)O)C(=O)O. The zero-order valence-corrected chi connectivity index (χ0v) is 6.30. The van der Waals surface area contributed by atoms with E-state index in [0.29, 0.717) is 18.2 Å². The highest BCUT2D eigenvalue weighted by Gasteiger charge is 2.05. The van der Waals surface area contributed by atoms with Gasteiger partial charge in [-0.05, 0) is 6.08 Å². The first-order valence-corrected chi connectivity index (χ1v) is 3.02. The van der Waals surface area contributed by atoms with E-state index >= 15 is 0 Å². The summed E-state index contributed by atoms with van der Waals surface area (Å²) in [5.41, 5.74) is -0.602. The molecule has 0 aliphatic heterocycles. The van der Waals surface area contributed by atoms with Gasteiger partial charge >= 0.3 is 17.9 Å². The Hall–Kier alpha value is -2.11. The molecule has 0 aliphatic rings. The van der Waals surface area contributed by atoms with Crippen LogP contribution < -0.4 is 0 Å². The molecule has 6 heteroatoms. The van der Waals surface area contributed by atoms with Gasteiger partial charge in [0.25, 0.3) is 0 Å². The number of carboxylic acid groups (broad SMARTS) is 3. The molecule has 0 saturated heterocycles. The molecular formula is C7H6O6. The second kappa shape index (κ2) is 4.70. The van der Waals surface area contributed by atoms with Crippen LogP contribution in [0.3, 0.4) is 0 Å². The van der Waals surface area contributed by atoms with Crippen LogP contribution in [0.5, 0.6) is 0 Å². The van der Waals surface area contributed by atoms with E-state index in [1.165, 1.54) is 0 Å². The van der Waals surface area contributed by atoms with Crippen LogP contribution in [0.15, 0.2) is 23.8 Å². The molecule has 0 aliphatic carbocycles. The molecular weight excluding hydrogens is 180 g/mol. The van der Waals surface area contributed by atoms with Crippen molar-refractivity contribution in [2.45, 2.75) is 0 Å². The molecule has 0 aromatic heterocycles. The number of carbonyl (C=O) groups is 3. The van der Waals surface area contributed by atoms with Crippen LogP contribution in [0, 0.1) is 0 Å². The third-order valence-electron chi connectivity index (χ3n) is 0.931. The van der Waals surface area contributed by atoms with Gasteiger partial charge in [-0.3, -0.25) is 0 Å². The smallest absolute Gasteiger partial charge is 0.335 e. The van der Waals surface area contributed by atoms with E-state index in [4.69, 9.17) is 15.3 Å². The molecule has 0 atom stereocenters. The van der Waals surface area contributed by atoms with Crippen LogP contribution in [0.25, 0.3) is 0 Å². The van der Waals surface area contributed by atoms with Gasteiger partial charge in [0.1, 0.15) is 0 Å². The van der Waals surface area contributed by atoms with Gasteiger partial charge in [0.2, 0.25) is 0 Å². The zero-order valence-electron chi connectivity index (χ0n) is 6.30. The fourth-order valence-corrected chi connectivity index (χ4v) is 0.475. The van der Waals surface area contributed by atoms with Gasteiger partial charge in [0, 0.05) is 12.2 Å². The summed E-state index contributed by atoms with van der Waals surface area (Å²) >= 11 is 0. The molecule has 0 aromatic rings. The Morgan fingerprint density at radius 1 is 0.846 bits per heavy atom.